The highest BCUT2D eigenvalue weighted by molar-refractivity contribution is 5.87. The highest BCUT2D eigenvalue weighted by Gasteiger charge is 2.29. The molecule has 0 amide bonds. The van der Waals surface area contributed by atoms with E-state index >= 15 is 0 Å². The number of rotatable bonds is 28. The Hall–Kier alpha value is -6.91. The molecule has 0 spiro atoms. The molecule has 5 aromatic heterocycles. The third kappa shape index (κ3) is 20.4. The van der Waals surface area contributed by atoms with Gasteiger partial charge in [-0.15, -0.1) is 24.8 Å². The Balaban J connectivity index is 0.000000160. The Morgan fingerprint density at radius 1 is 0.439 bits per heavy atom. The molecule has 1 N–H and O–H groups in total. The summed E-state index contributed by atoms with van der Waals surface area (Å²) < 4.78 is 36.0. The quantitative estimate of drug-likeness (QED) is 0.0483. The van der Waals surface area contributed by atoms with E-state index in [2.05, 4.69) is 146 Å². The molecule has 0 atom stereocenters. The van der Waals surface area contributed by atoms with Crippen molar-refractivity contribution in [2.45, 2.75) is 148 Å². The molecule has 98 heavy (non-hydrogen) atoms. The van der Waals surface area contributed by atoms with Crippen molar-refractivity contribution in [2.24, 2.45) is 35.5 Å². The van der Waals surface area contributed by atoms with Crippen LogP contribution in [0.3, 0.4) is 0 Å². The van der Waals surface area contributed by atoms with Gasteiger partial charge in [-0.2, -0.15) is 10.5 Å². The Bertz CT molecular complexity index is 3710. The molecular weight excluding hydrogens is 1270 g/mol. The van der Waals surface area contributed by atoms with Crippen molar-refractivity contribution in [3.8, 4) is 29.4 Å². The lowest BCUT2D eigenvalue weighted by molar-refractivity contribution is 0.170. The van der Waals surface area contributed by atoms with Crippen LogP contribution in [0.2, 0.25) is 0 Å². The van der Waals surface area contributed by atoms with Crippen LogP contribution in [0.5, 0.6) is 17.2 Å². The molecule has 3 saturated heterocycles. The van der Waals surface area contributed by atoms with Crippen molar-refractivity contribution < 1.29 is 27.8 Å². The van der Waals surface area contributed by atoms with Gasteiger partial charge in [-0.3, -0.25) is 19.8 Å². The molecule has 3 aliphatic heterocycles. The van der Waals surface area contributed by atoms with Gasteiger partial charge in [-0.1, -0.05) is 15.5 Å². The second kappa shape index (κ2) is 35.9. The SMILES string of the molecule is CN(C)Cc1c(OCC2CC2)ccc2c(CCC3CCN(Cc4ncccc4C#N)CC3)noc12.CN(C)Cc1c(OCC2CC2)ccc2c(CCC3CCN(Cc4ncccc4C#N)CC3)noc12.CN(C)Cc1c(OCC2CC2)ccc2c(CCC3CCNCC3)noc12.Cl.Cl. The zero-order valence-electron chi connectivity index (χ0n) is 58.7. The van der Waals surface area contributed by atoms with Crippen LogP contribution in [0.25, 0.3) is 32.9 Å². The van der Waals surface area contributed by atoms with Gasteiger partial charge in [0.15, 0.2) is 16.7 Å². The van der Waals surface area contributed by atoms with Crippen LogP contribution in [0.4, 0.5) is 0 Å². The summed E-state index contributed by atoms with van der Waals surface area (Å²) in [5, 5.41) is 38.9. The summed E-state index contributed by atoms with van der Waals surface area (Å²) in [6, 6.07) is 24.6. The predicted octanol–water partition coefficient (Wildman–Crippen LogP) is 14.0. The minimum absolute atomic E-state index is 0. The monoisotopic (exact) mass is 1380 g/mol. The van der Waals surface area contributed by atoms with Gasteiger partial charge in [0.1, 0.15) is 29.4 Å². The van der Waals surface area contributed by atoms with Crippen molar-refractivity contribution in [2.75, 3.05) is 101 Å². The van der Waals surface area contributed by atoms with E-state index in [0.717, 1.165) is 257 Å². The molecule has 6 aliphatic rings. The lowest BCUT2D eigenvalue weighted by Gasteiger charge is -2.31. The third-order valence-corrected chi connectivity index (χ3v) is 20.3. The number of hydrogen-bond donors (Lipinski definition) is 1. The molecule has 8 heterocycles. The number of fused-ring (bicyclic) bond motifs is 3. The molecule has 21 heteroatoms. The molecule has 3 saturated carbocycles. The maximum atomic E-state index is 9.32. The largest absolute Gasteiger partial charge is 0.493 e. The van der Waals surface area contributed by atoms with Crippen molar-refractivity contribution in [1.82, 2.24) is 55.3 Å². The van der Waals surface area contributed by atoms with E-state index in [1.807, 2.05) is 24.3 Å². The van der Waals surface area contributed by atoms with E-state index in [4.69, 9.17) is 27.8 Å². The lowest BCUT2D eigenvalue weighted by Crippen LogP contribution is -2.33. The van der Waals surface area contributed by atoms with E-state index in [1.54, 1.807) is 12.4 Å². The summed E-state index contributed by atoms with van der Waals surface area (Å²) in [5.41, 5.74) is 12.4. The molecule has 0 bridgehead atoms. The van der Waals surface area contributed by atoms with Gasteiger partial charge in [0, 0.05) is 61.3 Å². The van der Waals surface area contributed by atoms with Gasteiger partial charge in [-0.25, -0.2) is 0 Å². The first-order valence-corrected chi connectivity index (χ1v) is 35.8. The maximum absolute atomic E-state index is 9.32. The van der Waals surface area contributed by atoms with E-state index in [-0.39, 0.29) is 24.8 Å². The third-order valence-electron chi connectivity index (χ3n) is 20.3. The van der Waals surface area contributed by atoms with Crippen LogP contribution in [0, 0.1) is 58.2 Å². The number of aryl methyl sites for hydroxylation is 3. The topological polar surface area (TPSA) is 207 Å². The summed E-state index contributed by atoms with van der Waals surface area (Å²) in [7, 11) is 12.4. The van der Waals surface area contributed by atoms with E-state index in [1.165, 1.54) is 57.8 Å². The minimum atomic E-state index is 0. The van der Waals surface area contributed by atoms with E-state index in [0.29, 0.717) is 34.8 Å². The average Bonchev–Trinajstić information content (AvgIpc) is 1.79. The van der Waals surface area contributed by atoms with Gasteiger partial charge in [0.25, 0.3) is 0 Å². The highest BCUT2D eigenvalue weighted by atomic mass is 35.5. The smallest absolute Gasteiger partial charge is 0.175 e. The van der Waals surface area contributed by atoms with Crippen LogP contribution < -0.4 is 19.5 Å². The molecule has 0 unspecified atom stereocenters. The van der Waals surface area contributed by atoms with E-state index in [9.17, 15) is 10.5 Å². The second-order valence-corrected chi connectivity index (χ2v) is 29.1. The zero-order valence-corrected chi connectivity index (χ0v) is 60.3. The molecule has 14 rings (SSSR count). The van der Waals surface area contributed by atoms with Gasteiger partial charge < -0.3 is 47.8 Å². The number of nitrogens with one attached hydrogen (secondary N) is 1. The molecule has 3 aromatic carbocycles. The maximum Gasteiger partial charge on any atom is 0.175 e. The van der Waals surface area contributed by atoms with Gasteiger partial charge in [-0.05, 0) is 293 Å². The normalized spacial score (nSPS) is 17.3. The fourth-order valence-electron chi connectivity index (χ4n) is 13.9. The van der Waals surface area contributed by atoms with Crippen LogP contribution in [-0.2, 0) is 52.0 Å². The summed E-state index contributed by atoms with van der Waals surface area (Å²) in [5.74, 6) is 7.16. The van der Waals surface area contributed by atoms with Crippen LogP contribution >= 0.6 is 24.8 Å². The number of halogens is 2. The number of nitriles is 2. The van der Waals surface area contributed by atoms with Gasteiger partial charge in [0.2, 0.25) is 0 Å². The number of ether oxygens (including phenoxy) is 3. The first-order valence-electron chi connectivity index (χ1n) is 35.8. The van der Waals surface area contributed by atoms with Crippen LogP contribution in [-0.4, -0.2) is 151 Å². The number of pyridine rings is 2. The molecule has 3 aliphatic carbocycles. The number of aromatic nitrogens is 5. The highest BCUT2D eigenvalue weighted by Crippen LogP contribution is 2.39. The van der Waals surface area contributed by atoms with Gasteiger partial charge >= 0.3 is 0 Å². The fourth-order valence-corrected chi connectivity index (χ4v) is 13.9. The molecule has 8 aromatic rings. The summed E-state index contributed by atoms with van der Waals surface area (Å²) in [6.45, 7) is 12.7. The van der Waals surface area contributed by atoms with Crippen molar-refractivity contribution >= 4 is 57.7 Å². The predicted molar refractivity (Wildman–Crippen MR) is 388 cm³/mol. The first-order chi connectivity index (χ1) is 46.9. The molecule has 526 valence electrons. The minimum Gasteiger partial charge on any atom is -0.493 e. The fraction of sp³-hybridized carbons (Fsp3) is 0.571. The number of benzene rings is 3. The first kappa shape index (κ1) is 73.8. The summed E-state index contributed by atoms with van der Waals surface area (Å²) in [4.78, 5) is 20.1. The summed E-state index contributed by atoms with van der Waals surface area (Å²) >= 11 is 0. The standard InChI is InChI=1S/2C28H35N5O2.C21H31N3O2.2ClH/c2*1-32(2)17-24-27(34-19-21-5-6-21)10-8-23-25(31-35-28(23)24)9-7-20-11-14-33(15-12-20)18-26-22(16-29)4-3-13-30-26;1-24(2)13-18-20(25-14-16-3-4-16)8-6-17-19(23-26-21(17)18)7-5-15-9-11-22-12-10-15;;/h2*3-4,8,10,13,20-21H,5-7,9,11-12,14-15,17-19H2,1-2H3;6,8,15-16,22H,3-5,7,9-14H2,1-2H3;2*1H. The Labute approximate surface area is 592 Å². The summed E-state index contributed by atoms with van der Waals surface area (Å²) in [6.07, 6.45) is 24.8. The van der Waals surface area contributed by atoms with Crippen molar-refractivity contribution in [1.29, 1.82) is 10.5 Å². The Kier molecular flexibility index (Phi) is 27.0. The molecule has 19 nitrogen and oxygen atoms in total. The lowest BCUT2D eigenvalue weighted by atomic mass is 9.91. The number of hydrogen-bond acceptors (Lipinski definition) is 19. The zero-order chi connectivity index (χ0) is 66.3. The number of piperidine rings is 3. The van der Waals surface area contributed by atoms with E-state index < -0.39 is 0 Å². The Morgan fingerprint density at radius 2 is 0.765 bits per heavy atom. The molecular formula is C77H103Cl2N13O6. The van der Waals surface area contributed by atoms with Crippen molar-refractivity contribution in [3.63, 3.8) is 0 Å². The number of nitrogens with zero attached hydrogens (tertiary/aromatic N) is 12. The van der Waals surface area contributed by atoms with Crippen LogP contribution in [0.15, 0.2) is 86.6 Å². The Morgan fingerprint density at radius 3 is 1.07 bits per heavy atom. The molecule has 6 fully saturated rings. The molecule has 0 radical (unpaired) electrons. The van der Waals surface area contributed by atoms with Gasteiger partial charge in [0.05, 0.1) is 76.1 Å². The second-order valence-electron chi connectivity index (χ2n) is 29.1. The number of likely N-dealkylation sites (tertiary alicyclic amines) is 2. The average molecular weight is 1380 g/mol. The van der Waals surface area contributed by atoms with Crippen molar-refractivity contribution in [3.05, 3.63) is 129 Å². The van der Waals surface area contributed by atoms with Crippen LogP contribution in [0.1, 0.15) is 153 Å².